The molecule has 0 amide bonds. The molecule has 0 aromatic heterocycles. The first-order valence-electron chi connectivity index (χ1n) is 6.14. The molecule has 0 fully saturated rings. The standard InChI is InChI=1S/C14H18FNO2/c1-16(2)3-4-18-12-7-11-5-10(9-17)6-13(11)14(15)8-12/h7-10H,3-6H2,1-2H3. The molecule has 1 atom stereocenters. The van der Waals surface area contributed by atoms with E-state index < -0.39 is 0 Å². The second-order valence-corrected chi connectivity index (χ2v) is 5.00. The first-order chi connectivity index (χ1) is 8.60. The van der Waals surface area contributed by atoms with Crippen LogP contribution < -0.4 is 4.74 Å². The van der Waals surface area contributed by atoms with E-state index in [0.717, 1.165) is 18.4 Å². The van der Waals surface area contributed by atoms with E-state index in [-0.39, 0.29) is 11.7 Å². The van der Waals surface area contributed by atoms with Gasteiger partial charge in [-0.3, -0.25) is 0 Å². The lowest BCUT2D eigenvalue weighted by Gasteiger charge is -2.12. The van der Waals surface area contributed by atoms with Crippen LogP contribution in [0.1, 0.15) is 11.1 Å². The van der Waals surface area contributed by atoms with Crippen LogP contribution in [0.25, 0.3) is 0 Å². The largest absolute Gasteiger partial charge is 0.492 e. The molecule has 0 aliphatic heterocycles. The number of nitrogens with zero attached hydrogens (tertiary/aromatic N) is 1. The normalized spacial score (nSPS) is 17.9. The van der Waals surface area contributed by atoms with E-state index >= 15 is 0 Å². The molecule has 0 heterocycles. The quantitative estimate of drug-likeness (QED) is 0.746. The van der Waals surface area contributed by atoms with E-state index in [0.29, 0.717) is 30.8 Å². The fourth-order valence-electron chi connectivity index (χ4n) is 2.22. The third-order valence-corrected chi connectivity index (χ3v) is 3.21. The van der Waals surface area contributed by atoms with Gasteiger partial charge in [-0.2, -0.15) is 0 Å². The zero-order valence-corrected chi connectivity index (χ0v) is 10.8. The molecule has 0 radical (unpaired) electrons. The van der Waals surface area contributed by atoms with Crippen molar-refractivity contribution in [3.63, 3.8) is 0 Å². The first-order valence-corrected chi connectivity index (χ1v) is 6.14. The van der Waals surface area contributed by atoms with Gasteiger partial charge in [0.1, 0.15) is 24.5 Å². The zero-order valence-electron chi connectivity index (χ0n) is 10.8. The Morgan fingerprint density at radius 2 is 2.22 bits per heavy atom. The molecule has 4 heteroatoms. The molecule has 0 N–H and O–H groups in total. The molecule has 98 valence electrons. The van der Waals surface area contributed by atoms with Gasteiger partial charge in [0.15, 0.2) is 0 Å². The summed E-state index contributed by atoms with van der Waals surface area (Å²) in [5.74, 6) is 0.225. The van der Waals surface area contributed by atoms with Gasteiger partial charge in [0, 0.05) is 18.5 Å². The number of hydrogen-bond acceptors (Lipinski definition) is 3. The number of ether oxygens (including phenoxy) is 1. The number of benzene rings is 1. The number of rotatable bonds is 5. The molecule has 1 aromatic carbocycles. The van der Waals surface area contributed by atoms with Crippen molar-refractivity contribution in [3.8, 4) is 5.75 Å². The van der Waals surface area contributed by atoms with E-state index in [4.69, 9.17) is 4.74 Å². The minimum absolute atomic E-state index is 0.0773. The number of likely N-dealkylation sites (N-methyl/N-ethyl adjacent to an activating group) is 1. The Morgan fingerprint density at radius 1 is 1.44 bits per heavy atom. The molecule has 0 saturated carbocycles. The Balaban J connectivity index is 2.07. The topological polar surface area (TPSA) is 29.5 Å². The second-order valence-electron chi connectivity index (χ2n) is 5.00. The smallest absolute Gasteiger partial charge is 0.130 e. The van der Waals surface area contributed by atoms with Crippen molar-refractivity contribution < 1.29 is 13.9 Å². The first kappa shape index (κ1) is 13.0. The molecule has 0 spiro atoms. The van der Waals surface area contributed by atoms with Crippen LogP contribution >= 0.6 is 0 Å². The third kappa shape index (κ3) is 2.88. The van der Waals surface area contributed by atoms with Crippen molar-refractivity contribution >= 4 is 6.29 Å². The lowest BCUT2D eigenvalue weighted by Crippen LogP contribution is -2.19. The molecule has 1 unspecified atom stereocenters. The van der Waals surface area contributed by atoms with Crippen molar-refractivity contribution in [1.82, 2.24) is 4.90 Å². The van der Waals surface area contributed by atoms with Gasteiger partial charge in [0.2, 0.25) is 0 Å². The number of halogens is 1. The molecule has 3 nitrogen and oxygen atoms in total. The van der Waals surface area contributed by atoms with Crippen molar-refractivity contribution in [2.24, 2.45) is 5.92 Å². The summed E-state index contributed by atoms with van der Waals surface area (Å²) in [6.07, 6.45) is 2.05. The minimum Gasteiger partial charge on any atom is -0.492 e. The van der Waals surface area contributed by atoms with E-state index in [1.807, 2.05) is 25.1 Å². The average molecular weight is 251 g/mol. The van der Waals surface area contributed by atoms with Crippen molar-refractivity contribution in [2.75, 3.05) is 27.2 Å². The van der Waals surface area contributed by atoms with E-state index in [1.165, 1.54) is 6.07 Å². The summed E-state index contributed by atoms with van der Waals surface area (Å²) < 4.78 is 19.4. The van der Waals surface area contributed by atoms with Gasteiger partial charge in [-0.1, -0.05) is 0 Å². The molecular weight excluding hydrogens is 233 g/mol. The maximum absolute atomic E-state index is 13.8. The lowest BCUT2D eigenvalue weighted by molar-refractivity contribution is -0.110. The van der Waals surface area contributed by atoms with Gasteiger partial charge in [0.25, 0.3) is 0 Å². The summed E-state index contributed by atoms with van der Waals surface area (Å²) in [6.45, 7) is 1.32. The van der Waals surface area contributed by atoms with Crippen LogP contribution in [0.5, 0.6) is 5.75 Å². The van der Waals surface area contributed by atoms with Crippen LogP contribution in [0.4, 0.5) is 4.39 Å². The molecule has 1 aromatic rings. The third-order valence-electron chi connectivity index (χ3n) is 3.21. The fourth-order valence-corrected chi connectivity index (χ4v) is 2.22. The Morgan fingerprint density at radius 3 is 2.89 bits per heavy atom. The second kappa shape index (κ2) is 5.48. The molecule has 1 aliphatic carbocycles. The number of carbonyl (C=O) groups excluding carboxylic acids is 1. The van der Waals surface area contributed by atoms with Crippen LogP contribution in [-0.2, 0) is 17.6 Å². The summed E-state index contributed by atoms with van der Waals surface area (Å²) in [6, 6.07) is 3.28. The summed E-state index contributed by atoms with van der Waals surface area (Å²) in [5.41, 5.74) is 1.58. The fraction of sp³-hybridized carbons (Fsp3) is 0.500. The molecule has 0 saturated heterocycles. The van der Waals surface area contributed by atoms with E-state index in [2.05, 4.69) is 0 Å². The maximum Gasteiger partial charge on any atom is 0.130 e. The highest BCUT2D eigenvalue weighted by Crippen LogP contribution is 2.31. The van der Waals surface area contributed by atoms with Crippen LogP contribution in [0, 0.1) is 11.7 Å². The van der Waals surface area contributed by atoms with Crippen molar-refractivity contribution in [3.05, 3.63) is 29.1 Å². The average Bonchev–Trinajstić information content (AvgIpc) is 2.72. The molecular formula is C14H18FNO2. The highest BCUT2D eigenvalue weighted by molar-refractivity contribution is 5.59. The van der Waals surface area contributed by atoms with Gasteiger partial charge in [-0.05, 0) is 44.1 Å². The summed E-state index contributed by atoms with van der Waals surface area (Å²) in [5, 5.41) is 0. The number of fused-ring (bicyclic) bond motifs is 1. The van der Waals surface area contributed by atoms with Crippen LogP contribution in [0.3, 0.4) is 0 Å². The van der Waals surface area contributed by atoms with Crippen molar-refractivity contribution in [1.29, 1.82) is 0 Å². The van der Waals surface area contributed by atoms with Crippen molar-refractivity contribution in [2.45, 2.75) is 12.8 Å². The van der Waals surface area contributed by atoms with Crippen LogP contribution in [0.2, 0.25) is 0 Å². The predicted molar refractivity (Wildman–Crippen MR) is 67.4 cm³/mol. The summed E-state index contributed by atoms with van der Waals surface area (Å²) in [7, 11) is 3.92. The monoisotopic (exact) mass is 251 g/mol. The Hall–Kier alpha value is -1.42. The van der Waals surface area contributed by atoms with Gasteiger partial charge < -0.3 is 14.4 Å². The lowest BCUT2D eigenvalue weighted by atomic mass is 10.1. The van der Waals surface area contributed by atoms with E-state index in [9.17, 15) is 9.18 Å². The van der Waals surface area contributed by atoms with Gasteiger partial charge in [0.05, 0.1) is 0 Å². The molecule has 0 bridgehead atoms. The van der Waals surface area contributed by atoms with Gasteiger partial charge in [-0.15, -0.1) is 0 Å². The number of hydrogen-bond donors (Lipinski definition) is 0. The van der Waals surface area contributed by atoms with Gasteiger partial charge in [-0.25, -0.2) is 4.39 Å². The number of carbonyl (C=O) groups is 1. The van der Waals surface area contributed by atoms with E-state index in [1.54, 1.807) is 0 Å². The minimum atomic E-state index is -0.253. The zero-order chi connectivity index (χ0) is 13.1. The highest BCUT2D eigenvalue weighted by Gasteiger charge is 2.24. The highest BCUT2D eigenvalue weighted by atomic mass is 19.1. The molecule has 2 rings (SSSR count). The molecule has 18 heavy (non-hydrogen) atoms. The maximum atomic E-state index is 13.8. The summed E-state index contributed by atoms with van der Waals surface area (Å²) in [4.78, 5) is 12.8. The SMILES string of the molecule is CN(C)CCOc1cc(F)c2c(c1)CC(C=O)C2. The van der Waals surface area contributed by atoms with Crippen LogP contribution in [0.15, 0.2) is 12.1 Å². The Labute approximate surface area is 107 Å². The van der Waals surface area contributed by atoms with Gasteiger partial charge >= 0.3 is 0 Å². The molecule has 1 aliphatic rings. The number of aldehydes is 1. The predicted octanol–water partition coefficient (Wildman–Crippen LogP) is 1.68. The Bertz CT molecular complexity index is 446. The van der Waals surface area contributed by atoms with Crippen LogP contribution in [-0.4, -0.2) is 38.4 Å². The Kier molecular flexibility index (Phi) is 3.97. The summed E-state index contributed by atoms with van der Waals surface area (Å²) >= 11 is 0.